The molecule has 2 heterocycles. The summed E-state index contributed by atoms with van der Waals surface area (Å²) in [6.45, 7) is 4.12. The van der Waals surface area contributed by atoms with Crippen molar-refractivity contribution >= 4 is 23.5 Å². The van der Waals surface area contributed by atoms with Crippen molar-refractivity contribution in [1.29, 1.82) is 0 Å². The van der Waals surface area contributed by atoms with Crippen LogP contribution in [0.4, 0.5) is 10.1 Å². The Hall–Kier alpha value is -3.62. The van der Waals surface area contributed by atoms with E-state index in [1.165, 1.54) is 6.07 Å². The number of hydrogen-bond donors (Lipinski definition) is 1. The fourth-order valence-electron chi connectivity index (χ4n) is 4.13. The fraction of sp³-hybridized carbons (Fsp3) is 0.375. The zero-order valence-electron chi connectivity index (χ0n) is 18.7. The zero-order valence-corrected chi connectivity index (χ0v) is 18.7. The van der Waals surface area contributed by atoms with Crippen molar-refractivity contribution in [2.45, 2.75) is 13.0 Å². The van der Waals surface area contributed by atoms with Gasteiger partial charge in [-0.3, -0.25) is 14.9 Å². The number of nitrogens with one attached hydrogen (secondary N) is 1. The number of halogens is 1. The lowest BCUT2D eigenvalue weighted by Crippen LogP contribution is -2.57. The van der Waals surface area contributed by atoms with Crippen molar-refractivity contribution in [3.8, 4) is 5.75 Å². The molecule has 0 bridgehead atoms. The number of methoxy groups -OCH3 is 1. The number of hydrogen-bond acceptors (Lipinski definition) is 7. The standard InChI is InChI=1S/C24H27FN4O4/c1-3-33-23(31)20-21(16-8-10-17(32-2)11-9-16)26-24(27-22(20)30)29-14-12-28(13-15-29)19-7-5-4-6-18(19)25/h4-11,20-21H,3,12-15H2,1-2H3,(H,26,27,30). The lowest BCUT2D eigenvalue weighted by molar-refractivity contribution is -0.153. The largest absolute Gasteiger partial charge is 0.497 e. The molecule has 9 heteroatoms. The molecule has 33 heavy (non-hydrogen) atoms. The Balaban J connectivity index is 1.57. The highest BCUT2D eigenvalue weighted by Gasteiger charge is 2.42. The van der Waals surface area contributed by atoms with Crippen molar-refractivity contribution in [3.05, 3.63) is 59.9 Å². The lowest BCUT2D eigenvalue weighted by atomic mass is 9.91. The van der Waals surface area contributed by atoms with Gasteiger partial charge in [-0.1, -0.05) is 24.3 Å². The second-order valence-electron chi connectivity index (χ2n) is 7.82. The summed E-state index contributed by atoms with van der Waals surface area (Å²) in [4.78, 5) is 34.3. The van der Waals surface area contributed by atoms with E-state index in [1.807, 2.05) is 15.9 Å². The summed E-state index contributed by atoms with van der Waals surface area (Å²) >= 11 is 0. The highest BCUT2D eigenvalue weighted by molar-refractivity contribution is 6.08. The monoisotopic (exact) mass is 454 g/mol. The molecule has 0 saturated carbocycles. The van der Waals surface area contributed by atoms with Crippen LogP contribution in [0.2, 0.25) is 0 Å². The molecular weight excluding hydrogens is 427 g/mol. The SMILES string of the molecule is CCOC(=O)C1C(=O)NC(N2CCN(c3ccccc3F)CC2)=NC1c1ccc(OC)cc1. The maximum Gasteiger partial charge on any atom is 0.321 e. The molecule has 4 rings (SSSR count). The predicted octanol–water partition coefficient (Wildman–Crippen LogP) is 2.36. The first-order valence-corrected chi connectivity index (χ1v) is 11.0. The van der Waals surface area contributed by atoms with E-state index in [1.54, 1.807) is 50.4 Å². The van der Waals surface area contributed by atoms with Crippen LogP contribution in [0.1, 0.15) is 18.5 Å². The molecule has 2 atom stereocenters. The van der Waals surface area contributed by atoms with Gasteiger partial charge in [0, 0.05) is 26.2 Å². The number of piperazine rings is 1. The number of esters is 1. The molecule has 174 valence electrons. The van der Waals surface area contributed by atoms with Crippen LogP contribution >= 0.6 is 0 Å². The average molecular weight is 455 g/mol. The molecule has 0 aromatic heterocycles. The van der Waals surface area contributed by atoms with Gasteiger partial charge in [-0.25, -0.2) is 9.38 Å². The Bertz CT molecular complexity index is 1040. The number of carbonyl (C=O) groups excluding carboxylic acids is 2. The molecule has 8 nitrogen and oxygen atoms in total. The normalized spacial score (nSPS) is 20.7. The van der Waals surface area contributed by atoms with E-state index in [0.29, 0.717) is 49.1 Å². The molecule has 0 radical (unpaired) electrons. The maximum atomic E-state index is 14.2. The van der Waals surface area contributed by atoms with Crippen LogP contribution in [0.25, 0.3) is 0 Å². The third-order valence-corrected chi connectivity index (χ3v) is 5.86. The van der Waals surface area contributed by atoms with Crippen molar-refractivity contribution in [2.75, 3.05) is 44.8 Å². The Labute approximate surface area is 192 Å². The molecule has 2 aliphatic heterocycles. The van der Waals surface area contributed by atoms with Crippen molar-refractivity contribution in [3.63, 3.8) is 0 Å². The van der Waals surface area contributed by atoms with Gasteiger partial charge in [-0.2, -0.15) is 0 Å². The molecule has 1 fully saturated rings. The summed E-state index contributed by atoms with van der Waals surface area (Å²) in [5, 5.41) is 2.78. The van der Waals surface area contributed by atoms with Crippen LogP contribution in [0.5, 0.6) is 5.75 Å². The maximum absolute atomic E-state index is 14.2. The minimum Gasteiger partial charge on any atom is -0.497 e. The minimum atomic E-state index is -1.08. The van der Waals surface area contributed by atoms with Crippen molar-refractivity contribution < 1.29 is 23.5 Å². The van der Waals surface area contributed by atoms with Gasteiger partial charge in [0.2, 0.25) is 11.9 Å². The van der Waals surface area contributed by atoms with Crippen LogP contribution in [0.3, 0.4) is 0 Å². The van der Waals surface area contributed by atoms with Gasteiger partial charge in [0.1, 0.15) is 17.6 Å². The third kappa shape index (κ3) is 4.76. The van der Waals surface area contributed by atoms with E-state index in [4.69, 9.17) is 14.5 Å². The molecule has 0 spiro atoms. The molecule has 0 aliphatic carbocycles. The van der Waals surface area contributed by atoms with Crippen LogP contribution in [0, 0.1) is 11.7 Å². The van der Waals surface area contributed by atoms with Gasteiger partial charge in [0.25, 0.3) is 0 Å². The second-order valence-corrected chi connectivity index (χ2v) is 7.82. The van der Waals surface area contributed by atoms with Crippen LogP contribution in [-0.2, 0) is 14.3 Å². The number of benzene rings is 2. The summed E-state index contributed by atoms with van der Waals surface area (Å²) in [7, 11) is 1.57. The highest BCUT2D eigenvalue weighted by Crippen LogP contribution is 2.32. The summed E-state index contributed by atoms with van der Waals surface area (Å²) in [6.07, 6.45) is 0. The van der Waals surface area contributed by atoms with E-state index in [-0.39, 0.29) is 12.4 Å². The van der Waals surface area contributed by atoms with E-state index < -0.39 is 23.8 Å². The first-order chi connectivity index (χ1) is 16.0. The molecule has 2 aliphatic rings. The first kappa shape index (κ1) is 22.6. The predicted molar refractivity (Wildman–Crippen MR) is 122 cm³/mol. The van der Waals surface area contributed by atoms with Gasteiger partial charge >= 0.3 is 5.97 Å². The quantitative estimate of drug-likeness (QED) is 0.552. The Morgan fingerprint density at radius 2 is 1.76 bits per heavy atom. The van der Waals surface area contributed by atoms with Gasteiger partial charge in [-0.15, -0.1) is 0 Å². The number of amides is 1. The Kier molecular flexibility index (Phi) is 6.76. The molecule has 2 aromatic rings. The zero-order chi connectivity index (χ0) is 23.4. The molecule has 2 unspecified atom stereocenters. The molecule has 1 saturated heterocycles. The Morgan fingerprint density at radius 3 is 2.39 bits per heavy atom. The smallest absolute Gasteiger partial charge is 0.321 e. The Morgan fingerprint density at radius 1 is 1.09 bits per heavy atom. The average Bonchev–Trinajstić information content (AvgIpc) is 2.84. The molecular formula is C24H27FN4O4. The van der Waals surface area contributed by atoms with Crippen LogP contribution in [-0.4, -0.2) is 62.6 Å². The van der Waals surface area contributed by atoms with Gasteiger partial charge < -0.3 is 19.3 Å². The number of anilines is 1. The number of para-hydroxylation sites is 1. The molecule has 1 amide bonds. The van der Waals surface area contributed by atoms with Gasteiger partial charge in [-0.05, 0) is 36.8 Å². The number of aliphatic imine (C=N–C) groups is 1. The summed E-state index contributed by atoms with van der Waals surface area (Å²) in [5.41, 5.74) is 1.27. The van der Waals surface area contributed by atoms with E-state index in [0.717, 1.165) is 0 Å². The third-order valence-electron chi connectivity index (χ3n) is 5.86. The van der Waals surface area contributed by atoms with Gasteiger partial charge in [0.05, 0.1) is 19.4 Å². The number of carbonyl (C=O) groups is 2. The van der Waals surface area contributed by atoms with Crippen molar-refractivity contribution in [1.82, 2.24) is 10.2 Å². The summed E-state index contributed by atoms with van der Waals surface area (Å²) in [6, 6.07) is 13.1. The summed E-state index contributed by atoms with van der Waals surface area (Å²) < 4.78 is 24.5. The summed E-state index contributed by atoms with van der Waals surface area (Å²) in [5.74, 6) is -1.32. The first-order valence-electron chi connectivity index (χ1n) is 11.0. The fourth-order valence-corrected chi connectivity index (χ4v) is 4.13. The molecule has 1 N–H and O–H groups in total. The number of guanidine groups is 1. The topological polar surface area (TPSA) is 83.5 Å². The van der Waals surface area contributed by atoms with E-state index in [2.05, 4.69) is 5.32 Å². The number of rotatable bonds is 5. The van der Waals surface area contributed by atoms with Crippen LogP contribution in [0.15, 0.2) is 53.5 Å². The number of ether oxygens (including phenoxy) is 2. The van der Waals surface area contributed by atoms with E-state index >= 15 is 0 Å². The lowest BCUT2D eigenvalue weighted by Gasteiger charge is -2.39. The highest BCUT2D eigenvalue weighted by atomic mass is 19.1. The van der Waals surface area contributed by atoms with E-state index in [9.17, 15) is 14.0 Å². The van der Waals surface area contributed by atoms with Crippen LogP contribution < -0.4 is 15.0 Å². The second kappa shape index (κ2) is 9.89. The van der Waals surface area contributed by atoms with Gasteiger partial charge in [0.15, 0.2) is 5.92 Å². The van der Waals surface area contributed by atoms with Crippen molar-refractivity contribution in [2.24, 2.45) is 10.9 Å². The molecule has 2 aromatic carbocycles. The minimum absolute atomic E-state index is 0.173. The number of nitrogens with zero attached hydrogens (tertiary/aromatic N) is 3.